The molecule has 282 valence electrons. The van der Waals surface area contributed by atoms with E-state index in [1.165, 1.54) is 35.8 Å². The number of carbonyl (C=O) groups excluding carboxylic acids is 6. The molecule has 1 saturated heterocycles. The van der Waals surface area contributed by atoms with E-state index < -0.39 is 102 Å². The number of rotatable bonds is 10. The zero-order valence-electron chi connectivity index (χ0n) is 32.8. The van der Waals surface area contributed by atoms with Crippen LogP contribution in [0.4, 0.5) is 0 Å². The first-order chi connectivity index (χ1) is 22.7. The summed E-state index contributed by atoms with van der Waals surface area (Å²) in [6.07, 6.45) is -2.11. The highest BCUT2D eigenvalue weighted by atomic mass is 16.6. The first-order valence-corrected chi connectivity index (χ1v) is 18.1. The van der Waals surface area contributed by atoms with Crippen LogP contribution in [0.1, 0.15) is 109 Å². The molecule has 0 N–H and O–H groups in total. The van der Waals surface area contributed by atoms with Gasteiger partial charge in [0.05, 0.1) is 0 Å². The van der Waals surface area contributed by atoms with Crippen molar-refractivity contribution >= 4 is 35.6 Å². The van der Waals surface area contributed by atoms with Gasteiger partial charge in [-0.15, -0.1) is 0 Å². The quantitative estimate of drug-likeness (QED) is 0.235. The standard InChI is InChI=1S/C37H65N3O9/c1-16-23(10)29-32(41)38(13)26(19-20(4)5)35(44)47-30(24(11)17-2)33(42)39(14)28(22(8)9)37(46)49-31(25(12)18-3)34(43)40(15)27(21(6)7)36(45)48-29/h20-31H,16-19H2,1-15H3/t23?,24?,25?,26-,27-,28-,29+,30+,31+/m0/s1. The molecule has 0 aromatic rings. The van der Waals surface area contributed by atoms with Crippen molar-refractivity contribution in [2.75, 3.05) is 21.1 Å². The van der Waals surface area contributed by atoms with E-state index in [0.717, 1.165) is 0 Å². The Balaban J connectivity index is 4.05. The first-order valence-electron chi connectivity index (χ1n) is 18.1. The molecule has 1 fully saturated rings. The van der Waals surface area contributed by atoms with E-state index in [0.29, 0.717) is 19.3 Å². The molecule has 0 saturated carbocycles. The Labute approximate surface area is 294 Å². The molecule has 0 spiro atoms. The number of likely N-dealkylation sites (N-methyl/N-ethyl adjacent to an activating group) is 3. The zero-order chi connectivity index (χ0) is 38.1. The fourth-order valence-corrected chi connectivity index (χ4v) is 6.11. The third-order valence-electron chi connectivity index (χ3n) is 10.00. The molecular formula is C37H65N3O9. The van der Waals surface area contributed by atoms with Crippen LogP contribution in [0.15, 0.2) is 0 Å². The Bertz CT molecular complexity index is 1140. The Hall–Kier alpha value is -3.18. The molecule has 1 rings (SSSR count). The van der Waals surface area contributed by atoms with Crippen molar-refractivity contribution in [1.29, 1.82) is 0 Å². The lowest BCUT2D eigenvalue weighted by molar-refractivity contribution is -0.181. The monoisotopic (exact) mass is 695 g/mol. The summed E-state index contributed by atoms with van der Waals surface area (Å²) < 4.78 is 17.9. The van der Waals surface area contributed by atoms with Gasteiger partial charge < -0.3 is 28.9 Å². The van der Waals surface area contributed by atoms with E-state index in [9.17, 15) is 28.8 Å². The lowest BCUT2D eigenvalue weighted by Crippen LogP contribution is -2.57. The van der Waals surface area contributed by atoms with Crippen LogP contribution in [0.3, 0.4) is 0 Å². The van der Waals surface area contributed by atoms with Gasteiger partial charge in [-0.3, -0.25) is 14.4 Å². The average Bonchev–Trinajstić information content (AvgIpc) is 3.03. The fraction of sp³-hybridized carbons (Fsp3) is 0.838. The van der Waals surface area contributed by atoms with Crippen LogP contribution in [0.2, 0.25) is 0 Å². The minimum absolute atomic E-state index is 0.0424. The van der Waals surface area contributed by atoms with Gasteiger partial charge in [0.25, 0.3) is 17.7 Å². The van der Waals surface area contributed by atoms with Crippen LogP contribution < -0.4 is 0 Å². The van der Waals surface area contributed by atoms with E-state index in [1.807, 2.05) is 34.6 Å². The third kappa shape index (κ3) is 10.9. The molecule has 0 aliphatic carbocycles. The van der Waals surface area contributed by atoms with Gasteiger partial charge >= 0.3 is 17.9 Å². The lowest BCUT2D eigenvalue weighted by Gasteiger charge is -2.38. The number of cyclic esters (lactones) is 3. The number of ether oxygens (including phenoxy) is 3. The summed E-state index contributed by atoms with van der Waals surface area (Å²) in [7, 11) is 4.40. The summed E-state index contributed by atoms with van der Waals surface area (Å²) in [6.45, 7) is 21.8. The molecule has 1 aliphatic heterocycles. The lowest BCUT2D eigenvalue weighted by atomic mass is 9.95. The summed E-state index contributed by atoms with van der Waals surface area (Å²) in [6, 6.07) is -3.31. The number of amides is 3. The molecule has 0 aromatic heterocycles. The summed E-state index contributed by atoms with van der Waals surface area (Å²) in [5.74, 6) is -6.30. The van der Waals surface area contributed by atoms with Crippen molar-refractivity contribution in [2.45, 2.75) is 145 Å². The summed E-state index contributed by atoms with van der Waals surface area (Å²) in [5.41, 5.74) is 0. The maximum Gasteiger partial charge on any atom is 0.329 e. The molecule has 3 unspecified atom stereocenters. The molecule has 0 aromatic carbocycles. The molecule has 0 bridgehead atoms. The third-order valence-corrected chi connectivity index (χ3v) is 10.00. The first kappa shape index (κ1) is 43.8. The predicted molar refractivity (Wildman–Crippen MR) is 187 cm³/mol. The highest BCUT2D eigenvalue weighted by Crippen LogP contribution is 2.27. The number of esters is 3. The molecule has 1 aliphatic rings. The normalized spacial score (nSPS) is 27.9. The minimum atomic E-state index is -1.27. The van der Waals surface area contributed by atoms with Crippen molar-refractivity contribution in [3.05, 3.63) is 0 Å². The van der Waals surface area contributed by atoms with Gasteiger partial charge in [0, 0.05) is 38.9 Å². The number of carbonyl (C=O) groups is 6. The average molecular weight is 696 g/mol. The van der Waals surface area contributed by atoms with Crippen molar-refractivity contribution in [2.24, 2.45) is 35.5 Å². The molecule has 12 nitrogen and oxygen atoms in total. The molecule has 3 amide bonds. The van der Waals surface area contributed by atoms with Crippen LogP contribution >= 0.6 is 0 Å². The Morgan fingerprint density at radius 3 is 1.04 bits per heavy atom. The molecule has 9 atom stereocenters. The number of hydrogen-bond donors (Lipinski definition) is 0. The van der Waals surface area contributed by atoms with E-state index in [2.05, 4.69) is 0 Å². The van der Waals surface area contributed by atoms with Crippen molar-refractivity contribution in [1.82, 2.24) is 14.7 Å². The number of nitrogens with zero attached hydrogens (tertiary/aromatic N) is 3. The van der Waals surface area contributed by atoms with E-state index in [4.69, 9.17) is 14.2 Å². The van der Waals surface area contributed by atoms with Crippen molar-refractivity contribution < 1.29 is 43.0 Å². The number of hydrogen-bond acceptors (Lipinski definition) is 9. The van der Waals surface area contributed by atoms with Gasteiger partial charge in [-0.2, -0.15) is 0 Å². The minimum Gasteiger partial charge on any atom is -0.450 e. The highest BCUT2D eigenvalue weighted by molar-refractivity contribution is 5.94. The Morgan fingerprint density at radius 1 is 0.490 bits per heavy atom. The van der Waals surface area contributed by atoms with Crippen LogP contribution in [0.5, 0.6) is 0 Å². The smallest absolute Gasteiger partial charge is 0.329 e. The molecule has 12 heteroatoms. The van der Waals surface area contributed by atoms with Crippen LogP contribution in [-0.2, 0) is 43.0 Å². The molecule has 49 heavy (non-hydrogen) atoms. The summed E-state index contributed by atoms with van der Waals surface area (Å²) in [5, 5.41) is 0. The second-order valence-corrected chi connectivity index (χ2v) is 15.1. The van der Waals surface area contributed by atoms with Gasteiger partial charge in [-0.25, -0.2) is 14.4 Å². The zero-order valence-corrected chi connectivity index (χ0v) is 32.8. The molecular weight excluding hydrogens is 630 g/mol. The van der Waals surface area contributed by atoms with E-state index in [-0.39, 0.29) is 12.3 Å². The van der Waals surface area contributed by atoms with Crippen molar-refractivity contribution in [3.63, 3.8) is 0 Å². The van der Waals surface area contributed by atoms with Crippen molar-refractivity contribution in [3.8, 4) is 0 Å². The van der Waals surface area contributed by atoms with Gasteiger partial charge in [-0.05, 0) is 43.4 Å². The van der Waals surface area contributed by atoms with E-state index >= 15 is 0 Å². The Kier molecular flexibility index (Phi) is 17.2. The molecule has 0 radical (unpaired) electrons. The maximum atomic E-state index is 14.2. The van der Waals surface area contributed by atoms with Gasteiger partial charge in [-0.1, -0.05) is 83.1 Å². The largest absolute Gasteiger partial charge is 0.450 e. The summed E-state index contributed by atoms with van der Waals surface area (Å²) >= 11 is 0. The maximum absolute atomic E-state index is 14.2. The van der Waals surface area contributed by atoms with Crippen LogP contribution in [-0.4, -0.2) is 108 Å². The van der Waals surface area contributed by atoms with Gasteiger partial charge in [0.2, 0.25) is 0 Å². The predicted octanol–water partition coefficient (Wildman–Crippen LogP) is 4.71. The van der Waals surface area contributed by atoms with E-state index in [1.54, 1.807) is 48.5 Å². The molecule has 1 heterocycles. The highest BCUT2D eigenvalue weighted by Gasteiger charge is 2.45. The van der Waals surface area contributed by atoms with Gasteiger partial charge in [0.15, 0.2) is 18.3 Å². The van der Waals surface area contributed by atoms with Crippen LogP contribution in [0, 0.1) is 35.5 Å². The summed E-state index contributed by atoms with van der Waals surface area (Å²) in [4.78, 5) is 88.2. The fourth-order valence-electron chi connectivity index (χ4n) is 6.11. The Morgan fingerprint density at radius 2 is 0.776 bits per heavy atom. The SMILES string of the molecule is CCC(C)[C@H]1OC(=O)[C@H](C(C)C)N(C)C(=O)[C@@H](C(C)CC)OC(=O)[C@H](CC(C)C)N(C)C(=O)[C@@H](C(C)CC)OC(=O)[C@H](C(C)C)N(C)C1=O. The second-order valence-electron chi connectivity index (χ2n) is 15.1. The van der Waals surface area contributed by atoms with Crippen LogP contribution in [0.25, 0.3) is 0 Å². The topological polar surface area (TPSA) is 140 Å². The second kappa shape index (κ2) is 19.3. The van der Waals surface area contributed by atoms with Gasteiger partial charge in [0.1, 0.15) is 18.1 Å².